The highest BCUT2D eigenvalue weighted by atomic mass is 79.9. The van der Waals surface area contributed by atoms with E-state index >= 15 is 0 Å². The number of furan rings is 1. The first-order valence-corrected chi connectivity index (χ1v) is 7.12. The van der Waals surface area contributed by atoms with E-state index in [9.17, 15) is 9.59 Å². The Morgan fingerprint density at radius 1 is 1.05 bits per heavy atom. The van der Waals surface area contributed by atoms with Crippen LogP contribution in [0.15, 0.2) is 47.1 Å². The van der Waals surface area contributed by atoms with Gasteiger partial charge in [0.15, 0.2) is 5.76 Å². The quantitative estimate of drug-likeness (QED) is 0.823. The molecule has 0 unspecified atom stereocenters. The van der Waals surface area contributed by atoms with Gasteiger partial charge in [-0.25, -0.2) is 0 Å². The Hall–Kier alpha value is -2.08. The minimum atomic E-state index is -0.314. The topological polar surface area (TPSA) is 71.3 Å². The minimum Gasteiger partial charge on any atom is -0.459 e. The summed E-state index contributed by atoms with van der Waals surface area (Å²) >= 11 is 3.20. The molecular formula is C14H13BrN2O3. The number of carbonyl (C=O) groups excluding carboxylic acids is 2. The van der Waals surface area contributed by atoms with Crippen molar-refractivity contribution in [2.45, 2.75) is 6.42 Å². The van der Waals surface area contributed by atoms with Gasteiger partial charge in [-0.05, 0) is 36.4 Å². The molecule has 2 aromatic rings. The molecule has 2 amide bonds. The van der Waals surface area contributed by atoms with Gasteiger partial charge in [0.2, 0.25) is 5.91 Å². The normalized spacial score (nSPS) is 10.1. The Morgan fingerprint density at radius 3 is 2.25 bits per heavy atom. The smallest absolute Gasteiger partial charge is 0.291 e. The summed E-state index contributed by atoms with van der Waals surface area (Å²) in [7, 11) is 0. The number of alkyl halides is 1. The number of hydrogen-bond acceptors (Lipinski definition) is 3. The molecule has 0 aliphatic rings. The number of hydrogen-bond donors (Lipinski definition) is 2. The van der Waals surface area contributed by atoms with E-state index in [1.165, 1.54) is 6.26 Å². The number of carbonyl (C=O) groups is 2. The molecule has 1 heterocycles. The monoisotopic (exact) mass is 336 g/mol. The molecular weight excluding hydrogens is 324 g/mol. The third-order valence-corrected chi connectivity index (χ3v) is 2.89. The fourth-order valence-electron chi connectivity index (χ4n) is 1.55. The van der Waals surface area contributed by atoms with Crippen molar-refractivity contribution in [3.63, 3.8) is 0 Å². The molecule has 5 nitrogen and oxygen atoms in total. The summed E-state index contributed by atoms with van der Waals surface area (Å²) in [5, 5.41) is 6.07. The first-order valence-electron chi connectivity index (χ1n) is 6.00. The van der Waals surface area contributed by atoms with E-state index in [2.05, 4.69) is 26.6 Å². The highest BCUT2D eigenvalue weighted by Gasteiger charge is 2.08. The van der Waals surface area contributed by atoms with E-state index in [-0.39, 0.29) is 17.6 Å². The molecule has 0 radical (unpaired) electrons. The Bertz CT molecular complexity index is 579. The van der Waals surface area contributed by atoms with E-state index in [0.717, 1.165) is 0 Å². The lowest BCUT2D eigenvalue weighted by Crippen LogP contribution is -2.12. The lowest BCUT2D eigenvalue weighted by atomic mass is 10.2. The van der Waals surface area contributed by atoms with Crippen LogP contribution in [-0.2, 0) is 4.79 Å². The predicted molar refractivity (Wildman–Crippen MR) is 80.1 cm³/mol. The second kappa shape index (κ2) is 6.91. The highest BCUT2D eigenvalue weighted by molar-refractivity contribution is 9.09. The van der Waals surface area contributed by atoms with Crippen LogP contribution < -0.4 is 10.6 Å². The molecule has 6 heteroatoms. The molecule has 0 atom stereocenters. The summed E-state index contributed by atoms with van der Waals surface area (Å²) in [5.41, 5.74) is 1.32. The fraction of sp³-hybridized carbons (Fsp3) is 0.143. The van der Waals surface area contributed by atoms with Gasteiger partial charge in [-0.1, -0.05) is 15.9 Å². The van der Waals surface area contributed by atoms with E-state index in [4.69, 9.17) is 4.42 Å². The maximum atomic E-state index is 11.7. The average molecular weight is 337 g/mol. The third kappa shape index (κ3) is 3.96. The van der Waals surface area contributed by atoms with Crippen molar-refractivity contribution in [2.24, 2.45) is 0 Å². The Labute approximate surface area is 124 Å². The molecule has 0 bridgehead atoms. The molecule has 0 saturated heterocycles. The number of halogens is 1. The van der Waals surface area contributed by atoms with E-state index in [1.807, 2.05) is 0 Å². The first-order chi connectivity index (χ1) is 9.69. The summed E-state index contributed by atoms with van der Waals surface area (Å²) in [5.74, 6) is -0.125. The van der Waals surface area contributed by atoms with E-state index in [0.29, 0.717) is 23.1 Å². The third-order valence-electron chi connectivity index (χ3n) is 2.49. The molecule has 2 rings (SSSR count). The molecule has 0 spiro atoms. The average Bonchev–Trinajstić information content (AvgIpc) is 2.95. The zero-order chi connectivity index (χ0) is 14.4. The van der Waals surface area contributed by atoms with Gasteiger partial charge >= 0.3 is 0 Å². The van der Waals surface area contributed by atoms with Crippen molar-refractivity contribution in [2.75, 3.05) is 16.0 Å². The van der Waals surface area contributed by atoms with E-state index in [1.54, 1.807) is 36.4 Å². The Morgan fingerprint density at radius 2 is 1.70 bits per heavy atom. The van der Waals surface area contributed by atoms with Gasteiger partial charge in [-0.15, -0.1) is 0 Å². The molecule has 1 aromatic heterocycles. The van der Waals surface area contributed by atoms with Gasteiger partial charge in [-0.3, -0.25) is 9.59 Å². The summed E-state index contributed by atoms with van der Waals surface area (Å²) in [6, 6.07) is 10.1. The van der Waals surface area contributed by atoms with Gasteiger partial charge in [-0.2, -0.15) is 0 Å². The molecule has 1 aromatic carbocycles. The summed E-state index contributed by atoms with van der Waals surface area (Å²) in [4.78, 5) is 23.2. The SMILES string of the molecule is O=C(CCBr)Nc1ccc(NC(=O)c2ccco2)cc1. The Kier molecular flexibility index (Phi) is 4.95. The van der Waals surface area contributed by atoms with Gasteiger partial charge in [0.05, 0.1) is 6.26 Å². The van der Waals surface area contributed by atoms with Crippen LogP contribution >= 0.6 is 15.9 Å². The van der Waals surface area contributed by atoms with Gasteiger partial charge < -0.3 is 15.1 Å². The van der Waals surface area contributed by atoms with Crippen molar-refractivity contribution in [3.05, 3.63) is 48.4 Å². The molecule has 104 valence electrons. The van der Waals surface area contributed by atoms with Crippen LogP contribution in [0.3, 0.4) is 0 Å². The van der Waals surface area contributed by atoms with Crippen molar-refractivity contribution >= 4 is 39.1 Å². The van der Waals surface area contributed by atoms with Crippen molar-refractivity contribution in [1.82, 2.24) is 0 Å². The zero-order valence-electron chi connectivity index (χ0n) is 10.6. The molecule has 0 aliphatic carbocycles. The predicted octanol–water partition coefficient (Wildman–Crippen LogP) is 3.26. The summed E-state index contributed by atoms with van der Waals surface area (Å²) in [6.45, 7) is 0. The van der Waals surface area contributed by atoms with E-state index < -0.39 is 0 Å². The maximum absolute atomic E-state index is 11.7. The number of rotatable bonds is 5. The van der Waals surface area contributed by atoms with Crippen molar-refractivity contribution in [1.29, 1.82) is 0 Å². The van der Waals surface area contributed by atoms with Gasteiger partial charge in [0, 0.05) is 23.1 Å². The van der Waals surface area contributed by atoms with Crippen LogP contribution in [0.25, 0.3) is 0 Å². The molecule has 2 N–H and O–H groups in total. The highest BCUT2D eigenvalue weighted by Crippen LogP contribution is 2.15. The second-order valence-electron chi connectivity index (χ2n) is 4.00. The van der Waals surface area contributed by atoms with Crippen LogP contribution in [0, 0.1) is 0 Å². The lowest BCUT2D eigenvalue weighted by molar-refractivity contribution is -0.115. The molecule has 0 fully saturated rings. The fourth-order valence-corrected chi connectivity index (χ4v) is 1.91. The Balaban J connectivity index is 1.95. The van der Waals surface area contributed by atoms with Crippen LogP contribution in [0.1, 0.15) is 17.0 Å². The lowest BCUT2D eigenvalue weighted by Gasteiger charge is -2.06. The van der Waals surface area contributed by atoms with Crippen molar-refractivity contribution < 1.29 is 14.0 Å². The van der Waals surface area contributed by atoms with Crippen LogP contribution in [0.2, 0.25) is 0 Å². The zero-order valence-corrected chi connectivity index (χ0v) is 12.1. The largest absolute Gasteiger partial charge is 0.459 e. The number of benzene rings is 1. The summed E-state index contributed by atoms with van der Waals surface area (Å²) < 4.78 is 5.00. The number of amides is 2. The first kappa shape index (κ1) is 14.3. The number of nitrogens with one attached hydrogen (secondary N) is 2. The van der Waals surface area contributed by atoms with Crippen LogP contribution in [-0.4, -0.2) is 17.1 Å². The molecule has 0 aliphatic heterocycles. The van der Waals surface area contributed by atoms with Crippen LogP contribution in [0.5, 0.6) is 0 Å². The second-order valence-corrected chi connectivity index (χ2v) is 4.79. The number of anilines is 2. The standard InChI is InChI=1S/C14H13BrN2O3/c15-8-7-13(18)16-10-3-5-11(6-4-10)17-14(19)12-2-1-9-20-12/h1-6,9H,7-8H2,(H,16,18)(H,17,19). The maximum Gasteiger partial charge on any atom is 0.291 e. The summed E-state index contributed by atoms with van der Waals surface area (Å²) in [6.07, 6.45) is 1.86. The van der Waals surface area contributed by atoms with Crippen molar-refractivity contribution in [3.8, 4) is 0 Å². The van der Waals surface area contributed by atoms with Gasteiger partial charge in [0.25, 0.3) is 5.91 Å². The molecule has 0 saturated carbocycles. The minimum absolute atomic E-state index is 0.0609. The molecule has 20 heavy (non-hydrogen) atoms. The van der Waals surface area contributed by atoms with Crippen LogP contribution in [0.4, 0.5) is 11.4 Å². The van der Waals surface area contributed by atoms with Gasteiger partial charge in [0.1, 0.15) is 0 Å².